The van der Waals surface area contributed by atoms with Gasteiger partial charge < -0.3 is 14.6 Å². The van der Waals surface area contributed by atoms with Crippen molar-refractivity contribution in [2.24, 2.45) is 5.92 Å². The monoisotopic (exact) mass is 588 g/mol. The number of sulfonamides is 1. The summed E-state index contributed by atoms with van der Waals surface area (Å²) in [5, 5.41) is 1.02. The summed E-state index contributed by atoms with van der Waals surface area (Å²) in [4.78, 5) is 23.2. The number of aromatic nitrogens is 2. The Balaban J connectivity index is 1.15. The van der Waals surface area contributed by atoms with Gasteiger partial charge in [-0.15, -0.1) is 0 Å². The quantitative estimate of drug-likeness (QED) is 0.462. The number of amides is 1. The van der Waals surface area contributed by atoms with E-state index < -0.39 is 10.0 Å². The van der Waals surface area contributed by atoms with Crippen LogP contribution in [0, 0.1) is 5.92 Å². The number of rotatable bonds is 6. The van der Waals surface area contributed by atoms with E-state index in [2.05, 4.69) is 9.97 Å². The fourth-order valence-corrected chi connectivity index (χ4v) is 7.98. The molecule has 1 aliphatic carbocycles. The fraction of sp³-hybridized carbons (Fsp3) is 0.429. The second-order valence-corrected chi connectivity index (χ2v) is 13.2. The third kappa shape index (κ3) is 5.23. The number of imidazole rings is 1. The third-order valence-corrected chi connectivity index (χ3v) is 10.7. The molecule has 1 amide bonds. The van der Waals surface area contributed by atoms with Crippen molar-refractivity contribution in [3.8, 4) is 11.1 Å². The predicted molar refractivity (Wildman–Crippen MR) is 149 cm³/mol. The molecule has 206 valence electrons. The van der Waals surface area contributed by atoms with Gasteiger partial charge in [0.15, 0.2) is 0 Å². The van der Waals surface area contributed by atoms with E-state index in [4.69, 9.17) is 27.9 Å². The molecule has 11 heteroatoms. The number of fused-ring (bicyclic) bond motifs is 1. The predicted octanol–water partition coefficient (Wildman–Crippen LogP) is 4.35. The maximum absolute atomic E-state index is 13.4. The zero-order valence-corrected chi connectivity index (χ0v) is 23.7. The number of carbonyl (C=O) groups excluding carboxylic acids is 1. The number of hydrogen-bond donors (Lipinski definition) is 1. The highest BCUT2D eigenvalue weighted by Gasteiger charge is 2.38. The second kappa shape index (κ2) is 10.9. The molecule has 2 aliphatic heterocycles. The van der Waals surface area contributed by atoms with Crippen LogP contribution in [0.3, 0.4) is 0 Å². The Kier molecular flexibility index (Phi) is 7.45. The molecule has 3 aliphatic rings. The van der Waals surface area contributed by atoms with Gasteiger partial charge in [-0.25, -0.2) is 13.4 Å². The molecule has 0 spiro atoms. The minimum atomic E-state index is -3.57. The summed E-state index contributed by atoms with van der Waals surface area (Å²) in [6, 6.07) is 10.6. The van der Waals surface area contributed by atoms with E-state index >= 15 is 0 Å². The van der Waals surface area contributed by atoms with Crippen LogP contribution in [-0.4, -0.2) is 72.4 Å². The van der Waals surface area contributed by atoms with Crippen LogP contribution >= 0.6 is 23.2 Å². The van der Waals surface area contributed by atoms with E-state index in [9.17, 15) is 13.2 Å². The number of nitrogens with zero attached hydrogens (tertiary/aromatic N) is 3. The maximum Gasteiger partial charge on any atom is 0.243 e. The standard InChI is InChI=1S/C28H30Cl2N4O4S/c29-24-14-20(18-1-4-22(5-2-18)39(36,37)33-9-11-38-12-10-33)15-25(30)23(24)13-19-7-8-34(28(19)35)21-3-6-26-27(16-21)32-17-31-26/h1-2,4-5,14-15,17,19,21H,3,6-13,16H2,(H,31,32)/t19-,21?/m0/s1. The van der Waals surface area contributed by atoms with E-state index in [1.165, 1.54) is 4.31 Å². The molecule has 3 heterocycles. The Morgan fingerprint density at radius 2 is 1.72 bits per heavy atom. The van der Waals surface area contributed by atoms with Crippen molar-refractivity contribution in [2.45, 2.75) is 43.0 Å². The minimum absolute atomic E-state index is 0.154. The highest BCUT2D eigenvalue weighted by Crippen LogP contribution is 2.37. The Hall–Kier alpha value is -2.43. The summed E-state index contributed by atoms with van der Waals surface area (Å²) in [6.45, 7) is 2.24. The van der Waals surface area contributed by atoms with Crippen molar-refractivity contribution >= 4 is 39.1 Å². The van der Waals surface area contributed by atoms with Gasteiger partial charge in [0.05, 0.1) is 30.1 Å². The van der Waals surface area contributed by atoms with E-state index in [1.54, 1.807) is 30.6 Å². The van der Waals surface area contributed by atoms with Crippen LogP contribution in [-0.2, 0) is 38.8 Å². The number of morpholine rings is 1. The molecule has 6 rings (SSSR count). The number of likely N-dealkylation sites (tertiary alicyclic amines) is 1. The number of hydrogen-bond acceptors (Lipinski definition) is 5. The molecule has 0 radical (unpaired) electrons. The van der Waals surface area contributed by atoms with Crippen molar-refractivity contribution in [1.29, 1.82) is 0 Å². The van der Waals surface area contributed by atoms with Crippen molar-refractivity contribution in [1.82, 2.24) is 19.2 Å². The summed E-state index contributed by atoms with van der Waals surface area (Å²) in [6.07, 6.45) is 5.63. The lowest BCUT2D eigenvalue weighted by Gasteiger charge is -2.31. The SMILES string of the molecule is O=C1[C@H](Cc2c(Cl)cc(-c3ccc(S(=O)(=O)N4CCOCC4)cc3)cc2Cl)CCN1C1CCc2nc[nH]c2C1. The Bertz CT molecular complexity index is 1460. The molecule has 1 N–H and O–H groups in total. The average Bonchev–Trinajstić information content (AvgIpc) is 3.57. The van der Waals surface area contributed by atoms with Gasteiger partial charge in [-0.05, 0) is 66.6 Å². The van der Waals surface area contributed by atoms with Gasteiger partial charge >= 0.3 is 0 Å². The molecule has 2 atom stereocenters. The summed E-state index contributed by atoms with van der Waals surface area (Å²) in [5.41, 5.74) is 4.62. The van der Waals surface area contributed by atoms with Crippen LogP contribution in [0.1, 0.15) is 29.8 Å². The van der Waals surface area contributed by atoms with Crippen LogP contribution < -0.4 is 0 Å². The molecule has 8 nitrogen and oxygen atoms in total. The van der Waals surface area contributed by atoms with Gasteiger partial charge in [-0.1, -0.05) is 35.3 Å². The number of benzene rings is 2. The van der Waals surface area contributed by atoms with E-state index in [-0.39, 0.29) is 22.8 Å². The smallest absolute Gasteiger partial charge is 0.243 e. The molecule has 2 fully saturated rings. The first-order valence-electron chi connectivity index (χ1n) is 13.3. The van der Waals surface area contributed by atoms with E-state index in [1.807, 2.05) is 17.0 Å². The Labute approximate surface area is 238 Å². The zero-order chi connectivity index (χ0) is 27.1. The van der Waals surface area contributed by atoms with E-state index in [0.717, 1.165) is 60.3 Å². The lowest BCUT2D eigenvalue weighted by Crippen LogP contribution is -2.41. The van der Waals surface area contributed by atoms with Crippen LogP contribution in [0.4, 0.5) is 0 Å². The van der Waals surface area contributed by atoms with Crippen molar-refractivity contribution < 1.29 is 17.9 Å². The van der Waals surface area contributed by atoms with Gasteiger partial charge in [0.1, 0.15) is 0 Å². The molecule has 1 aromatic heterocycles. The number of aromatic amines is 1. The molecule has 1 unspecified atom stereocenters. The van der Waals surface area contributed by atoms with E-state index in [0.29, 0.717) is 42.8 Å². The largest absolute Gasteiger partial charge is 0.379 e. The molecule has 2 aromatic carbocycles. The number of carbonyl (C=O) groups is 1. The van der Waals surface area contributed by atoms with Crippen LogP contribution in [0.15, 0.2) is 47.6 Å². The Morgan fingerprint density at radius 1 is 1.00 bits per heavy atom. The van der Waals surface area contributed by atoms with Gasteiger partial charge in [-0.2, -0.15) is 4.31 Å². The molecule has 3 aromatic rings. The molecular weight excluding hydrogens is 559 g/mol. The van der Waals surface area contributed by atoms with Crippen LogP contribution in [0.2, 0.25) is 10.0 Å². The summed E-state index contributed by atoms with van der Waals surface area (Å²) in [5.74, 6) is 0.00920. The van der Waals surface area contributed by atoms with Crippen LogP contribution in [0.25, 0.3) is 11.1 Å². The number of nitrogens with one attached hydrogen (secondary N) is 1. The Morgan fingerprint density at radius 3 is 2.44 bits per heavy atom. The highest BCUT2D eigenvalue weighted by atomic mass is 35.5. The van der Waals surface area contributed by atoms with Crippen LogP contribution in [0.5, 0.6) is 0 Å². The third-order valence-electron chi connectivity index (χ3n) is 8.14. The summed E-state index contributed by atoms with van der Waals surface area (Å²) < 4.78 is 32.6. The lowest BCUT2D eigenvalue weighted by atomic mass is 9.94. The average molecular weight is 590 g/mol. The first kappa shape index (κ1) is 26.8. The van der Waals surface area contributed by atoms with Crippen molar-refractivity contribution in [2.75, 3.05) is 32.8 Å². The second-order valence-electron chi connectivity index (χ2n) is 10.4. The molecule has 2 saturated heterocycles. The molecule has 0 saturated carbocycles. The number of halogens is 2. The number of aryl methyl sites for hydroxylation is 1. The first-order chi connectivity index (χ1) is 18.8. The topological polar surface area (TPSA) is 95.6 Å². The molecule has 0 bridgehead atoms. The van der Waals surface area contributed by atoms with Crippen molar-refractivity contribution in [3.63, 3.8) is 0 Å². The number of ether oxygens (including phenoxy) is 1. The fourth-order valence-electron chi connectivity index (χ4n) is 5.93. The maximum atomic E-state index is 13.4. The summed E-state index contributed by atoms with van der Waals surface area (Å²) in [7, 11) is -3.57. The lowest BCUT2D eigenvalue weighted by molar-refractivity contribution is -0.133. The highest BCUT2D eigenvalue weighted by molar-refractivity contribution is 7.89. The van der Waals surface area contributed by atoms with Gasteiger partial charge in [0.25, 0.3) is 0 Å². The normalized spacial score (nSPS) is 22.3. The molecule has 39 heavy (non-hydrogen) atoms. The first-order valence-corrected chi connectivity index (χ1v) is 15.5. The van der Waals surface area contributed by atoms with Gasteiger partial charge in [0, 0.05) is 53.8 Å². The van der Waals surface area contributed by atoms with Crippen molar-refractivity contribution in [3.05, 3.63) is 69.7 Å². The van der Waals surface area contributed by atoms with Gasteiger partial charge in [0.2, 0.25) is 15.9 Å². The van der Waals surface area contributed by atoms with Gasteiger partial charge in [-0.3, -0.25) is 4.79 Å². The molecular formula is C28H30Cl2N4O4S. The minimum Gasteiger partial charge on any atom is -0.379 e. The summed E-state index contributed by atoms with van der Waals surface area (Å²) >= 11 is 13.4. The number of H-pyrrole nitrogens is 1. The zero-order valence-electron chi connectivity index (χ0n) is 21.4.